The predicted octanol–water partition coefficient (Wildman–Crippen LogP) is 1.83. The number of ether oxygens (including phenoxy) is 2. The lowest BCUT2D eigenvalue weighted by molar-refractivity contribution is 0.143. The Bertz CT molecular complexity index is 419. The number of aliphatic hydroxyl groups is 1. The van der Waals surface area contributed by atoms with Crippen molar-refractivity contribution in [3.63, 3.8) is 0 Å². The van der Waals surface area contributed by atoms with Crippen LogP contribution < -0.4 is 9.47 Å². The van der Waals surface area contributed by atoms with E-state index >= 15 is 0 Å². The molecule has 0 saturated carbocycles. The third-order valence-electron chi connectivity index (χ3n) is 1.91. The zero-order chi connectivity index (χ0) is 12.2. The lowest BCUT2D eigenvalue weighted by Gasteiger charge is -2.08. The van der Waals surface area contributed by atoms with Crippen LogP contribution in [0.2, 0.25) is 0 Å². The van der Waals surface area contributed by atoms with Gasteiger partial charge in [-0.2, -0.15) is 0 Å². The highest BCUT2D eigenvalue weighted by atomic mass is 16.5. The second-order valence-corrected chi connectivity index (χ2v) is 3.88. The van der Waals surface area contributed by atoms with Crippen molar-refractivity contribution in [1.82, 2.24) is 0 Å². The number of hydrogen-bond acceptors (Lipinski definition) is 3. The average Bonchev–Trinajstić information content (AvgIpc) is 2.25. The van der Waals surface area contributed by atoms with E-state index < -0.39 is 5.60 Å². The van der Waals surface area contributed by atoms with Gasteiger partial charge in [-0.1, -0.05) is 11.8 Å². The van der Waals surface area contributed by atoms with E-state index in [9.17, 15) is 5.11 Å². The van der Waals surface area contributed by atoms with Gasteiger partial charge >= 0.3 is 0 Å². The maximum atomic E-state index is 9.52. The average molecular weight is 220 g/mol. The first-order valence-electron chi connectivity index (χ1n) is 4.94. The largest absolute Gasteiger partial charge is 0.497 e. The van der Waals surface area contributed by atoms with Gasteiger partial charge in [0.05, 0.1) is 19.8 Å². The highest BCUT2D eigenvalue weighted by molar-refractivity contribution is 5.50. The first kappa shape index (κ1) is 12.4. The predicted molar refractivity (Wildman–Crippen MR) is 62.7 cm³/mol. The number of rotatable bonds is 2. The highest BCUT2D eigenvalue weighted by Gasteiger charge is 2.07. The van der Waals surface area contributed by atoms with E-state index in [-0.39, 0.29) is 0 Å². The molecular weight excluding hydrogens is 204 g/mol. The minimum absolute atomic E-state index is 0.664. The van der Waals surface area contributed by atoms with Crippen LogP contribution in [0.4, 0.5) is 0 Å². The zero-order valence-electron chi connectivity index (χ0n) is 10.00. The van der Waals surface area contributed by atoms with Crippen molar-refractivity contribution >= 4 is 0 Å². The van der Waals surface area contributed by atoms with Gasteiger partial charge in [-0.3, -0.25) is 0 Å². The van der Waals surface area contributed by atoms with E-state index in [0.29, 0.717) is 17.1 Å². The molecule has 3 heteroatoms. The first-order chi connectivity index (χ1) is 7.46. The van der Waals surface area contributed by atoms with Gasteiger partial charge in [-0.15, -0.1) is 0 Å². The summed E-state index contributed by atoms with van der Waals surface area (Å²) in [5.41, 5.74) is -0.322. The minimum Gasteiger partial charge on any atom is -0.497 e. The Morgan fingerprint density at radius 3 is 2.38 bits per heavy atom. The van der Waals surface area contributed by atoms with Crippen molar-refractivity contribution in [2.45, 2.75) is 19.4 Å². The Hall–Kier alpha value is -1.66. The fourth-order valence-corrected chi connectivity index (χ4v) is 1.13. The van der Waals surface area contributed by atoms with Crippen LogP contribution in [-0.4, -0.2) is 24.9 Å². The van der Waals surface area contributed by atoms with E-state index in [2.05, 4.69) is 11.8 Å². The second-order valence-electron chi connectivity index (χ2n) is 3.88. The Labute approximate surface area is 96.0 Å². The fourth-order valence-electron chi connectivity index (χ4n) is 1.13. The fraction of sp³-hybridized carbons (Fsp3) is 0.385. The molecule has 0 amide bonds. The van der Waals surface area contributed by atoms with Gasteiger partial charge < -0.3 is 14.6 Å². The van der Waals surface area contributed by atoms with Crippen LogP contribution in [0.5, 0.6) is 11.5 Å². The van der Waals surface area contributed by atoms with Gasteiger partial charge in [0.2, 0.25) is 0 Å². The van der Waals surface area contributed by atoms with Crippen molar-refractivity contribution in [2.24, 2.45) is 0 Å². The van der Waals surface area contributed by atoms with Gasteiger partial charge in [0.1, 0.15) is 17.1 Å². The van der Waals surface area contributed by atoms with Crippen LogP contribution in [0.25, 0.3) is 0 Å². The number of benzene rings is 1. The summed E-state index contributed by atoms with van der Waals surface area (Å²) in [4.78, 5) is 0. The molecule has 0 spiro atoms. The smallest absolute Gasteiger partial charge is 0.134 e. The molecule has 0 heterocycles. The minimum atomic E-state index is -1.02. The van der Waals surface area contributed by atoms with E-state index in [1.165, 1.54) is 0 Å². The van der Waals surface area contributed by atoms with Gasteiger partial charge in [0, 0.05) is 0 Å². The normalized spacial score (nSPS) is 10.3. The van der Waals surface area contributed by atoms with E-state index in [1.54, 1.807) is 46.3 Å². The Morgan fingerprint density at radius 2 is 1.88 bits per heavy atom. The SMILES string of the molecule is COc1ccc(OC)c(C#CC(C)(C)O)c1. The first-order valence-corrected chi connectivity index (χ1v) is 4.94. The Morgan fingerprint density at radius 1 is 1.19 bits per heavy atom. The van der Waals surface area contributed by atoms with Crippen molar-refractivity contribution in [3.05, 3.63) is 23.8 Å². The summed E-state index contributed by atoms with van der Waals surface area (Å²) in [5, 5.41) is 9.52. The summed E-state index contributed by atoms with van der Waals surface area (Å²) < 4.78 is 10.3. The molecule has 16 heavy (non-hydrogen) atoms. The van der Waals surface area contributed by atoms with Crippen molar-refractivity contribution in [2.75, 3.05) is 14.2 Å². The summed E-state index contributed by atoms with van der Waals surface area (Å²) in [6, 6.07) is 5.36. The summed E-state index contributed by atoms with van der Waals surface area (Å²) in [6.45, 7) is 3.26. The molecule has 0 saturated heterocycles. The van der Waals surface area contributed by atoms with E-state index in [0.717, 1.165) is 0 Å². The molecule has 0 aromatic heterocycles. The quantitative estimate of drug-likeness (QED) is 0.773. The summed E-state index contributed by atoms with van der Waals surface area (Å²) >= 11 is 0. The number of hydrogen-bond donors (Lipinski definition) is 1. The van der Waals surface area contributed by atoms with Crippen LogP contribution in [0, 0.1) is 11.8 Å². The molecule has 3 nitrogen and oxygen atoms in total. The standard InChI is InChI=1S/C13H16O3/c1-13(2,14)8-7-10-9-11(15-3)5-6-12(10)16-4/h5-6,9,14H,1-4H3. The molecule has 0 fully saturated rings. The highest BCUT2D eigenvalue weighted by Crippen LogP contribution is 2.23. The van der Waals surface area contributed by atoms with Crippen LogP contribution in [-0.2, 0) is 0 Å². The molecule has 0 unspecified atom stereocenters. The second kappa shape index (κ2) is 4.91. The van der Waals surface area contributed by atoms with E-state index in [4.69, 9.17) is 9.47 Å². The molecule has 1 N–H and O–H groups in total. The lowest BCUT2D eigenvalue weighted by Crippen LogP contribution is -2.14. The monoisotopic (exact) mass is 220 g/mol. The Kier molecular flexibility index (Phi) is 3.81. The summed E-state index contributed by atoms with van der Waals surface area (Å²) in [6.07, 6.45) is 0. The van der Waals surface area contributed by atoms with Crippen LogP contribution in [0.3, 0.4) is 0 Å². The maximum absolute atomic E-state index is 9.52. The molecule has 86 valence electrons. The Balaban J connectivity index is 3.13. The summed E-state index contributed by atoms with van der Waals surface area (Å²) in [5.74, 6) is 6.98. The third-order valence-corrected chi connectivity index (χ3v) is 1.91. The van der Waals surface area contributed by atoms with Crippen LogP contribution >= 0.6 is 0 Å². The third kappa shape index (κ3) is 3.48. The van der Waals surface area contributed by atoms with Crippen molar-refractivity contribution in [3.8, 4) is 23.3 Å². The molecule has 1 aromatic rings. The molecular formula is C13H16O3. The van der Waals surface area contributed by atoms with E-state index in [1.807, 2.05) is 0 Å². The maximum Gasteiger partial charge on any atom is 0.134 e. The molecule has 1 rings (SSSR count). The zero-order valence-corrected chi connectivity index (χ0v) is 10.00. The van der Waals surface area contributed by atoms with Gasteiger partial charge in [-0.05, 0) is 32.0 Å². The lowest BCUT2D eigenvalue weighted by atomic mass is 10.1. The van der Waals surface area contributed by atoms with Crippen molar-refractivity contribution < 1.29 is 14.6 Å². The van der Waals surface area contributed by atoms with Crippen molar-refractivity contribution in [1.29, 1.82) is 0 Å². The number of methoxy groups -OCH3 is 2. The molecule has 0 atom stereocenters. The van der Waals surface area contributed by atoms with Gasteiger partial charge in [-0.25, -0.2) is 0 Å². The molecule has 0 aliphatic rings. The molecule has 0 aliphatic heterocycles. The molecule has 0 radical (unpaired) electrons. The van der Waals surface area contributed by atoms with Crippen LogP contribution in [0.1, 0.15) is 19.4 Å². The topological polar surface area (TPSA) is 38.7 Å². The van der Waals surface area contributed by atoms with Gasteiger partial charge in [0.25, 0.3) is 0 Å². The molecule has 1 aromatic carbocycles. The summed E-state index contributed by atoms with van der Waals surface area (Å²) in [7, 11) is 3.17. The molecule has 0 bridgehead atoms. The van der Waals surface area contributed by atoms with Gasteiger partial charge in [0.15, 0.2) is 0 Å². The van der Waals surface area contributed by atoms with Crippen LogP contribution in [0.15, 0.2) is 18.2 Å². The molecule has 0 aliphatic carbocycles.